The van der Waals surface area contributed by atoms with E-state index in [1.54, 1.807) is 14.7 Å². The van der Waals surface area contributed by atoms with Crippen LogP contribution in [-0.4, -0.2) is 55.7 Å². The normalized spacial score (nSPS) is 16.2. The van der Waals surface area contributed by atoms with Crippen molar-refractivity contribution in [1.82, 2.24) is 4.81 Å². The molecular weight excluding hydrogens is 285 g/mol. The van der Waals surface area contributed by atoms with E-state index in [0.717, 1.165) is 25.9 Å². The lowest BCUT2D eigenvalue weighted by Crippen LogP contribution is -2.41. The van der Waals surface area contributed by atoms with Crippen molar-refractivity contribution in [3.8, 4) is 0 Å². The van der Waals surface area contributed by atoms with Crippen LogP contribution >= 0.6 is 0 Å². The number of aromatic carboxylic acids is 1. The van der Waals surface area contributed by atoms with E-state index in [9.17, 15) is 9.59 Å². The van der Waals surface area contributed by atoms with Gasteiger partial charge in [0.05, 0.1) is 11.1 Å². The molecule has 1 fully saturated rings. The molecule has 7 nitrogen and oxygen atoms in total. The Balaban J connectivity index is 2.09. The van der Waals surface area contributed by atoms with Crippen molar-refractivity contribution in [2.24, 2.45) is 5.73 Å². The van der Waals surface area contributed by atoms with Crippen LogP contribution in [0.25, 0.3) is 0 Å². The third kappa shape index (κ3) is 3.99. The number of carboxylic acids is 1. The van der Waals surface area contributed by atoms with Gasteiger partial charge in [-0.05, 0) is 44.1 Å². The fourth-order valence-electron chi connectivity index (χ4n) is 2.53. The van der Waals surface area contributed by atoms with Crippen molar-refractivity contribution in [3.63, 3.8) is 0 Å². The van der Waals surface area contributed by atoms with Gasteiger partial charge in [0.15, 0.2) is 0 Å². The maximum absolute atomic E-state index is 11.5. The molecule has 0 atom stereocenters. The van der Waals surface area contributed by atoms with Crippen molar-refractivity contribution in [3.05, 3.63) is 29.3 Å². The summed E-state index contributed by atoms with van der Waals surface area (Å²) in [6.07, 6.45) is 1.71. The lowest BCUT2D eigenvalue weighted by atomic mass is 9.99. The Hall–Kier alpha value is -2.06. The molecule has 1 amide bonds. The first-order chi connectivity index (χ1) is 10.5. The second-order valence-corrected chi connectivity index (χ2v) is 5.23. The molecule has 1 aromatic rings. The fraction of sp³-hybridized carbons (Fsp3) is 0.429. The molecule has 1 aliphatic heterocycles. The topological polar surface area (TPSA) is 105 Å². The smallest absolute Gasteiger partial charge is 0.398 e. The largest absolute Gasteiger partial charge is 0.478 e. The SMILES string of the molecule is CO[B]N1CCC(Nc2cc(C(=O)O)ccc2C(N)=O)CC1. The first kappa shape index (κ1) is 16.3. The Morgan fingerprint density at radius 2 is 2.09 bits per heavy atom. The number of benzene rings is 1. The summed E-state index contributed by atoms with van der Waals surface area (Å²) in [6, 6.07) is 4.44. The number of nitrogens with two attached hydrogens (primary N) is 1. The number of primary amides is 1. The van der Waals surface area contributed by atoms with Gasteiger partial charge in [-0.2, -0.15) is 0 Å². The number of carbonyl (C=O) groups is 2. The number of anilines is 1. The van der Waals surface area contributed by atoms with Gasteiger partial charge in [0.2, 0.25) is 0 Å². The summed E-state index contributed by atoms with van der Waals surface area (Å²) in [6.45, 7) is 1.66. The monoisotopic (exact) mass is 304 g/mol. The van der Waals surface area contributed by atoms with Crippen LogP contribution in [0.5, 0.6) is 0 Å². The Morgan fingerprint density at radius 3 is 2.64 bits per heavy atom. The highest BCUT2D eigenvalue weighted by atomic mass is 16.4. The number of carboxylic acid groups (broad SMARTS) is 1. The minimum Gasteiger partial charge on any atom is -0.478 e. The highest BCUT2D eigenvalue weighted by Gasteiger charge is 2.21. The third-order valence-electron chi connectivity index (χ3n) is 3.68. The molecule has 0 unspecified atom stereocenters. The van der Waals surface area contributed by atoms with Crippen LogP contribution in [-0.2, 0) is 4.65 Å². The third-order valence-corrected chi connectivity index (χ3v) is 3.68. The number of nitrogens with one attached hydrogen (secondary N) is 1. The van der Waals surface area contributed by atoms with Crippen molar-refractivity contribution in [2.75, 3.05) is 25.5 Å². The molecule has 0 aliphatic carbocycles. The zero-order valence-electron chi connectivity index (χ0n) is 12.4. The standard InChI is InChI=1S/C14H19BN3O4/c1-22-15-18-6-4-10(5-7-18)17-12-8-9(14(20)21)2-3-11(12)13(16)19/h2-3,8,10,17H,4-7H2,1H3,(H2,16,19)(H,20,21). The van der Waals surface area contributed by atoms with Crippen molar-refractivity contribution in [1.29, 1.82) is 0 Å². The molecule has 2 rings (SSSR count). The van der Waals surface area contributed by atoms with Crippen LogP contribution in [0.3, 0.4) is 0 Å². The number of carbonyl (C=O) groups excluding carboxylic acids is 1. The Morgan fingerprint density at radius 1 is 1.41 bits per heavy atom. The summed E-state index contributed by atoms with van der Waals surface area (Å²) in [4.78, 5) is 24.6. The molecular formula is C14H19BN3O4. The average Bonchev–Trinajstić information content (AvgIpc) is 2.49. The first-order valence-electron chi connectivity index (χ1n) is 7.05. The Labute approximate surface area is 129 Å². The predicted molar refractivity (Wildman–Crippen MR) is 82.9 cm³/mol. The molecule has 1 aromatic carbocycles. The van der Waals surface area contributed by atoms with Crippen molar-refractivity contribution < 1.29 is 19.3 Å². The highest BCUT2D eigenvalue weighted by Crippen LogP contribution is 2.22. The van der Waals surface area contributed by atoms with Gasteiger partial charge in [0, 0.05) is 18.8 Å². The highest BCUT2D eigenvalue weighted by molar-refractivity contribution is 6.23. The van der Waals surface area contributed by atoms with Gasteiger partial charge in [-0.1, -0.05) is 0 Å². The number of hydrogen-bond donors (Lipinski definition) is 3. The quantitative estimate of drug-likeness (QED) is 0.663. The molecule has 117 valence electrons. The molecule has 1 radical (unpaired) electrons. The number of hydrogen-bond acceptors (Lipinski definition) is 5. The van der Waals surface area contributed by atoms with E-state index < -0.39 is 11.9 Å². The average molecular weight is 304 g/mol. The van der Waals surface area contributed by atoms with Gasteiger partial charge in [-0.3, -0.25) is 4.79 Å². The second-order valence-electron chi connectivity index (χ2n) is 5.23. The fourth-order valence-corrected chi connectivity index (χ4v) is 2.53. The van der Waals surface area contributed by atoms with Gasteiger partial charge < -0.3 is 25.6 Å². The lowest BCUT2D eigenvalue weighted by Gasteiger charge is -2.32. The van der Waals surface area contributed by atoms with E-state index in [0.29, 0.717) is 11.3 Å². The molecule has 0 saturated carbocycles. The van der Waals surface area contributed by atoms with Crippen LogP contribution in [0.2, 0.25) is 0 Å². The molecule has 0 bridgehead atoms. The lowest BCUT2D eigenvalue weighted by molar-refractivity contribution is 0.0696. The molecule has 0 aromatic heterocycles. The summed E-state index contributed by atoms with van der Waals surface area (Å²) >= 11 is 0. The van der Waals surface area contributed by atoms with E-state index in [-0.39, 0.29) is 11.6 Å². The van der Waals surface area contributed by atoms with E-state index >= 15 is 0 Å². The molecule has 1 aliphatic rings. The molecule has 22 heavy (non-hydrogen) atoms. The zero-order valence-corrected chi connectivity index (χ0v) is 12.4. The predicted octanol–water partition coefficient (Wildman–Crippen LogP) is 0.541. The van der Waals surface area contributed by atoms with Crippen molar-refractivity contribution in [2.45, 2.75) is 18.9 Å². The molecule has 0 spiro atoms. The summed E-state index contributed by atoms with van der Waals surface area (Å²) < 4.78 is 4.98. The second kappa shape index (κ2) is 7.28. The molecule has 1 heterocycles. The van der Waals surface area contributed by atoms with Crippen LogP contribution < -0.4 is 11.1 Å². The van der Waals surface area contributed by atoms with Crippen LogP contribution in [0, 0.1) is 0 Å². The summed E-state index contributed by atoms with van der Waals surface area (Å²) in [5.41, 5.74) is 6.25. The van der Waals surface area contributed by atoms with Gasteiger partial charge in [-0.15, -0.1) is 0 Å². The van der Waals surface area contributed by atoms with Gasteiger partial charge in [-0.25, -0.2) is 4.79 Å². The molecule has 8 heteroatoms. The summed E-state index contributed by atoms with van der Waals surface area (Å²) in [5.74, 6) is -1.62. The maximum atomic E-state index is 11.5. The van der Waals surface area contributed by atoms with E-state index in [1.165, 1.54) is 18.2 Å². The minimum absolute atomic E-state index is 0.123. The van der Waals surface area contributed by atoms with Gasteiger partial charge in [0.25, 0.3) is 5.91 Å². The van der Waals surface area contributed by atoms with Crippen molar-refractivity contribution >= 4 is 25.2 Å². The van der Waals surface area contributed by atoms with E-state index in [2.05, 4.69) is 10.1 Å². The summed E-state index contributed by atoms with van der Waals surface area (Å²) in [7, 11) is 3.30. The van der Waals surface area contributed by atoms with E-state index in [4.69, 9.17) is 15.5 Å². The van der Waals surface area contributed by atoms with Gasteiger partial charge in [0.1, 0.15) is 0 Å². The van der Waals surface area contributed by atoms with Crippen LogP contribution in [0.4, 0.5) is 5.69 Å². The Bertz CT molecular complexity index is 559. The number of piperidine rings is 1. The molecule has 4 N–H and O–H groups in total. The zero-order chi connectivity index (χ0) is 16.1. The Kier molecular flexibility index (Phi) is 5.40. The molecule has 1 saturated heterocycles. The number of rotatable bonds is 6. The number of amides is 1. The maximum Gasteiger partial charge on any atom is 0.398 e. The summed E-state index contributed by atoms with van der Waals surface area (Å²) in [5, 5.41) is 12.3. The van der Waals surface area contributed by atoms with Gasteiger partial charge >= 0.3 is 13.6 Å². The minimum atomic E-state index is -1.04. The van der Waals surface area contributed by atoms with E-state index in [1.807, 2.05) is 0 Å². The number of nitrogens with zero attached hydrogens (tertiary/aromatic N) is 1. The van der Waals surface area contributed by atoms with Crippen LogP contribution in [0.15, 0.2) is 18.2 Å². The van der Waals surface area contributed by atoms with Crippen LogP contribution in [0.1, 0.15) is 33.6 Å². The first-order valence-corrected chi connectivity index (χ1v) is 7.05.